The summed E-state index contributed by atoms with van der Waals surface area (Å²) in [5.41, 5.74) is 5.15. The normalized spacial score (nSPS) is 15.9. The zero-order valence-corrected chi connectivity index (χ0v) is 10.1. The number of urea groups is 1. The van der Waals surface area contributed by atoms with Gasteiger partial charge in [-0.15, -0.1) is 0 Å². The molecule has 2 N–H and O–H groups in total. The lowest BCUT2D eigenvalue weighted by atomic mass is 10.2. The molecule has 96 valence electrons. The van der Waals surface area contributed by atoms with Crippen molar-refractivity contribution < 1.29 is 14.4 Å². The lowest BCUT2D eigenvalue weighted by molar-refractivity contribution is -0.137. The predicted octanol–water partition coefficient (Wildman–Crippen LogP) is 0.316. The molecule has 6 nitrogen and oxygen atoms in total. The molecule has 1 heterocycles. The third kappa shape index (κ3) is 3.26. The molecule has 0 atom stereocenters. The number of rotatable bonds is 6. The van der Waals surface area contributed by atoms with Gasteiger partial charge in [0.1, 0.15) is 6.54 Å². The summed E-state index contributed by atoms with van der Waals surface area (Å²) in [6.45, 7) is 2.31. The molecule has 0 aromatic carbocycles. The average molecular weight is 241 g/mol. The fraction of sp³-hybridized carbons (Fsp3) is 0.727. The molecule has 0 aliphatic carbocycles. The third-order valence-electron chi connectivity index (χ3n) is 2.74. The van der Waals surface area contributed by atoms with Crippen molar-refractivity contribution in [3.8, 4) is 0 Å². The number of imide groups is 3. The summed E-state index contributed by atoms with van der Waals surface area (Å²) in [5, 5.41) is 0. The minimum absolute atomic E-state index is 0.00328. The first-order valence-corrected chi connectivity index (χ1v) is 5.96. The van der Waals surface area contributed by atoms with Crippen LogP contribution in [0.5, 0.6) is 0 Å². The lowest BCUT2D eigenvalue weighted by Gasteiger charge is -2.15. The van der Waals surface area contributed by atoms with Gasteiger partial charge in [-0.05, 0) is 6.42 Å². The van der Waals surface area contributed by atoms with Gasteiger partial charge in [0.15, 0.2) is 0 Å². The highest BCUT2D eigenvalue weighted by atomic mass is 16.2. The molecule has 4 amide bonds. The summed E-state index contributed by atoms with van der Waals surface area (Å²) in [6, 6.07) is -0.526. The second-order valence-corrected chi connectivity index (χ2v) is 4.09. The zero-order chi connectivity index (χ0) is 12.8. The van der Waals surface area contributed by atoms with Crippen molar-refractivity contribution in [2.45, 2.75) is 32.6 Å². The van der Waals surface area contributed by atoms with Gasteiger partial charge < -0.3 is 10.6 Å². The summed E-state index contributed by atoms with van der Waals surface area (Å²) in [6.07, 6.45) is 4.11. The number of carbonyl (C=O) groups is 3. The van der Waals surface area contributed by atoms with E-state index in [2.05, 4.69) is 6.92 Å². The molecular weight excluding hydrogens is 222 g/mol. The molecule has 1 saturated heterocycles. The van der Waals surface area contributed by atoms with Crippen molar-refractivity contribution in [3.63, 3.8) is 0 Å². The molecule has 17 heavy (non-hydrogen) atoms. The van der Waals surface area contributed by atoms with Crippen molar-refractivity contribution in [2.75, 3.05) is 19.6 Å². The van der Waals surface area contributed by atoms with Gasteiger partial charge in [0, 0.05) is 6.54 Å². The van der Waals surface area contributed by atoms with E-state index in [0.29, 0.717) is 11.4 Å². The maximum atomic E-state index is 11.7. The molecule has 1 aliphatic rings. The van der Waals surface area contributed by atoms with Crippen LogP contribution in [-0.2, 0) is 9.59 Å². The first-order valence-electron chi connectivity index (χ1n) is 5.96. The Balaban J connectivity index is 2.47. The molecule has 1 rings (SSSR count). The van der Waals surface area contributed by atoms with Crippen molar-refractivity contribution in [1.29, 1.82) is 0 Å². The average Bonchev–Trinajstić information content (AvgIpc) is 2.59. The number of hydrogen-bond donors (Lipinski definition) is 1. The summed E-state index contributed by atoms with van der Waals surface area (Å²) in [5.74, 6) is -1.10. The Morgan fingerprint density at radius 2 is 2.00 bits per heavy atom. The van der Waals surface area contributed by atoms with E-state index in [9.17, 15) is 14.4 Å². The number of hydrogen-bond acceptors (Lipinski definition) is 4. The molecule has 0 saturated carbocycles. The third-order valence-corrected chi connectivity index (χ3v) is 2.74. The van der Waals surface area contributed by atoms with Crippen LogP contribution in [-0.4, -0.2) is 47.3 Å². The van der Waals surface area contributed by atoms with Gasteiger partial charge in [0.05, 0.1) is 6.54 Å². The fourth-order valence-electron chi connectivity index (χ4n) is 1.79. The van der Waals surface area contributed by atoms with E-state index in [1.165, 1.54) is 4.90 Å². The molecule has 1 aliphatic heterocycles. The Labute approximate surface area is 101 Å². The molecule has 0 aromatic heterocycles. The summed E-state index contributed by atoms with van der Waals surface area (Å²) in [7, 11) is 0. The van der Waals surface area contributed by atoms with E-state index in [-0.39, 0.29) is 13.1 Å². The Morgan fingerprint density at radius 3 is 2.59 bits per heavy atom. The molecule has 0 aromatic rings. The quantitative estimate of drug-likeness (QED) is 0.536. The van der Waals surface area contributed by atoms with E-state index in [1.54, 1.807) is 0 Å². The monoisotopic (exact) mass is 241 g/mol. The Morgan fingerprint density at radius 1 is 1.29 bits per heavy atom. The van der Waals surface area contributed by atoms with Crippen LogP contribution in [0.4, 0.5) is 4.79 Å². The highest BCUT2D eigenvalue weighted by Gasteiger charge is 2.39. The predicted molar refractivity (Wildman–Crippen MR) is 62.0 cm³/mol. The summed E-state index contributed by atoms with van der Waals surface area (Å²) in [4.78, 5) is 36.6. The van der Waals surface area contributed by atoms with E-state index >= 15 is 0 Å². The van der Waals surface area contributed by atoms with E-state index in [4.69, 9.17) is 5.73 Å². The van der Waals surface area contributed by atoms with E-state index < -0.39 is 17.8 Å². The van der Waals surface area contributed by atoms with Gasteiger partial charge in [-0.3, -0.25) is 9.59 Å². The van der Waals surface area contributed by atoms with Gasteiger partial charge in [-0.1, -0.05) is 26.2 Å². The minimum Gasteiger partial charge on any atom is -0.322 e. The van der Waals surface area contributed by atoms with Crippen molar-refractivity contribution in [1.82, 2.24) is 9.80 Å². The van der Waals surface area contributed by atoms with Crippen LogP contribution in [0.25, 0.3) is 0 Å². The first kappa shape index (κ1) is 13.6. The Bertz CT molecular complexity index is 317. The number of carbonyl (C=O) groups excluding carboxylic acids is 3. The van der Waals surface area contributed by atoms with Crippen LogP contribution >= 0.6 is 0 Å². The highest BCUT2D eigenvalue weighted by molar-refractivity contribution is 6.15. The smallest absolute Gasteiger partial charge is 0.322 e. The van der Waals surface area contributed by atoms with Crippen LogP contribution < -0.4 is 5.73 Å². The van der Waals surface area contributed by atoms with Gasteiger partial charge in [0.25, 0.3) is 11.8 Å². The van der Waals surface area contributed by atoms with Gasteiger partial charge in [0.2, 0.25) is 0 Å². The SMILES string of the molecule is CCCCCCN1CC(=O)N(C(=O)CN)C1=O. The second-order valence-electron chi connectivity index (χ2n) is 4.09. The summed E-state index contributed by atoms with van der Waals surface area (Å²) < 4.78 is 0. The van der Waals surface area contributed by atoms with Crippen molar-refractivity contribution in [2.24, 2.45) is 5.73 Å². The zero-order valence-electron chi connectivity index (χ0n) is 10.1. The van der Waals surface area contributed by atoms with Gasteiger partial charge in [-0.25, -0.2) is 4.79 Å². The number of unbranched alkanes of at least 4 members (excludes halogenated alkanes) is 3. The molecule has 1 fully saturated rings. The maximum Gasteiger partial charge on any atom is 0.334 e. The Kier molecular flexibility index (Phi) is 5.09. The minimum atomic E-state index is -0.629. The van der Waals surface area contributed by atoms with E-state index in [1.807, 2.05) is 0 Å². The molecule has 0 bridgehead atoms. The highest BCUT2D eigenvalue weighted by Crippen LogP contribution is 2.12. The second kappa shape index (κ2) is 6.34. The summed E-state index contributed by atoms with van der Waals surface area (Å²) >= 11 is 0. The van der Waals surface area contributed by atoms with Gasteiger partial charge >= 0.3 is 6.03 Å². The Hall–Kier alpha value is -1.43. The molecule has 6 heteroatoms. The number of amides is 4. The van der Waals surface area contributed by atoms with Crippen LogP contribution in [0.3, 0.4) is 0 Å². The van der Waals surface area contributed by atoms with Crippen LogP contribution in [0.1, 0.15) is 32.6 Å². The molecule has 0 radical (unpaired) electrons. The molecule has 0 spiro atoms. The van der Waals surface area contributed by atoms with Gasteiger partial charge in [-0.2, -0.15) is 4.90 Å². The van der Waals surface area contributed by atoms with Crippen LogP contribution in [0.15, 0.2) is 0 Å². The van der Waals surface area contributed by atoms with Crippen molar-refractivity contribution >= 4 is 17.8 Å². The number of nitrogens with zero attached hydrogens (tertiary/aromatic N) is 2. The molecule has 0 unspecified atom stereocenters. The topological polar surface area (TPSA) is 83.7 Å². The largest absolute Gasteiger partial charge is 0.334 e. The van der Waals surface area contributed by atoms with Crippen molar-refractivity contribution in [3.05, 3.63) is 0 Å². The lowest BCUT2D eigenvalue weighted by Crippen LogP contribution is -2.41. The fourth-order valence-corrected chi connectivity index (χ4v) is 1.79. The van der Waals surface area contributed by atoms with E-state index in [0.717, 1.165) is 25.7 Å². The first-order chi connectivity index (χ1) is 8.11. The van der Waals surface area contributed by atoms with Crippen LogP contribution in [0.2, 0.25) is 0 Å². The number of nitrogens with two attached hydrogens (primary N) is 1. The maximum absolute atomic E-state index is 11.7. The van der Waals surface area contributed by atoms with Crippen LogP contribution in [0, 0.1) is 0 Å². The standard InChI is InChI=1S/C11H19N3O3/c1-2-3-4-5-6-13-8-10(16)14(11(13)17)9(15)7-12/h2-8,12H2,1H3. The molecular formula is C11H19N3O3.